The molecular weight excluding hydrogens is 282 g/mol. The predicted octanol–water partition coefficient (Wildman–Crippen LogP) is 3.70. The maximum atomic E-state index is 12.0. The van der Waals surface area contributed by atoms with Crippen LogP contribution in [0.3, 0.4) is 0 Å². The summed E-state index contributed by atoms with van der Waals surface area (Å²) >= 11 is 0. The van der Waals surface area contributed by atoms with Gasteiger partial charge in [-0.25, -0.2) is 9.59 Å². The largest absolute Gasteiger partial charge is 0.478 e. The number of carbonyl (C=O) groups excluding carboxylic acids is 1. The van der Waals surface area contributed by atoms with E-state index in [-0.39, 0.29) is 11.7 Å². The summed E-state index contributed by atoms with van der Waals surface area (Å²) in [5.74, 6) is -0.928. The van der Waals surface area contributed by atoms with Crippen molar-refractivity contribution in [2.75, 3.05) is 6.54 Å². The van der Waals surface area contributed by atoms with Gasteiger partial charge in [-0.1, -0.05) is 19.9 Å². The van der Waals surface area contributed by atoms with Gasteiger partial charge in [0.25, 0.3) is 0 Å². The van der Waals surface area contributed by atoms with Gasteiger partial charge < -0.3 is 14.7 Å². The lowest BCUT2D eigenvalue weighted by Crippen LogP contribution is -2.39. The highest BCUT2D eigenvalue weighted by Gasteiger charge is 2.25. The van der Waals surface area contributed by atoms with Crippen LogP contribution in [0.4, 0.5) is 4.79 Å². The Hall–Kier alpha value is -2.04. The number of hydrogen-bond acceptors (Lipinski definition) is 3. The van der Waals surface area contributed by atoms with E-state index in [1.807, 2.05) is 34.6 Å². The molecule has 0 fully saturated rings. The van der Waals surface area contributed by atoms with Crippen LogP contribution in [0.15, 0.2) is 18.2 Å². The molecule has 0 spiro atoms. The molecule has 1 aromatic rings. The quantitative estimate of drug-likeness (QED) is 0.859. The average molecular weight is 307 g/mol. The summed E-state index contributed by atoms with van der Waals surface area (Å²) in [7, 11) is 0. The number of fused-ring (bicyclic) bond motifs is 1. The summed E-state index contributed by atoms with van der Waals surface area (Å²) in [5.41, 5.74) is 1.75. The Morgan fingerprint density at radius 1 is 1.18 bits per heavy atom. The van der Waals surface area contributed by atoms with Crippen molar-refractivity contribution in [2.24, 2.45) is 0 Å². The zero-order chi connectivity index (χ0) is 16.9. The molecule has 22 heavy (non-hydrogen) atoms. The van der Waals surface area contributed by atoms with E-state index in [1.54, 1.807) is 23.1 Å². The second-order valence-corrected chi connectivity index (χ2v) is 5.94. The number of rotatable bonds is 1. The first kappa shape index (κ1) is 18.0. The highest BCUT2D eigenvalue weighted by Crippen LogP contribution is 2.22. The van der Waals surface area contributed by atoms with Crippen molar-refractivity contribution in [3.8, 4) is 0 Å². The number of amides is 1. The Balaban J connectivity index is 0.00000116. The third kappa shape index (κ3) is 4.76. The summed E-state index contributed by atoms with van der Waals surface area (Å²) in [4.78, 5) is 24.6. The Labute approximate surface area is 131 Å². The molecule has 0 aliphatic carbocycles. The van der Waals surface area contributed by atoms with Crippen LogP contribution in [0.5, 0.6) is 0 Å². The third-order valence-electron chi connectivity index (χ3n) is 3.12. The zero-order valence-electron chi connectivity index (χ0n) is 14.0. The van der Waals surface area contributed by atoms with Crippen LogP contribution in [0.1, 0.15) is 56.1 Å². The molecule has 2 rings (SSSR count). The Morgan fingerprint density at radius 2 is 1.82 bits per heavy atom. The summed E-state index contributed by atoms with van der Waals surface area (Å²) < 4.78 is 5.35. The molecule has 1 N–H and O–H groups in total. The van der Waals surface area contributed by atoms with Crippen molar-refractivity contribution in [2.45, 2.75) is 53.2 Å². The molecule has 1 aliphatic heterocycles. The molecular formula is C17H25NO4. The number of hydrogen-bond donors (Lipinski definition) is 1. The molecule has 122 valence electrons. The fraction of sp³-hybridized carbons (Fsp3) is 0.529. The van der Waals surface area contributed by atoms with Gasteiger partial charge in [-0.05, 0) is 50.5 Å². The van der Waals surface area contributed by atoms with Crippen LogP contribution < -0.4 is 0 Å². The molecule has 5 heteroatoms. The van der Waals surface area contributed by atoms with Crippen molar-refractivity contribution < 1.29 is 19.4 Å². The number of carboxylic acids is 1. The highest BCUT2D eigenvalue weighted by molar-refractivity contribution is 5.88. The van der Waals surface area contributed by atoms with Gasteiger partial charge in [0.15, 0.2) is 0 Å². The monoisotopic (exact) mass is 307 g/mol. The minimum atomic E-state index is -0.928. The molecule has 5 nitrogen and oxygen atoms in total. The van der Waals surface area contributed by atoms with Crippen LogP contribution in [0.2, 0.25) is 0 Å². The minimum Gasteiger partial charge on any atom is -0.478 e. The predicted molar refractivity (Wildman–Crippen MR) is 85.1 cm³/mol. The number of nitrogens with zero attached hydrogens (tertiary/aromatic N) is 1. The average Bonchev–Trinajstić information content (AvgIpc) is 2.46. The molecule has 1 heterocycles. The lowest BCUT2D eigenvalue weighted by Gasteiger charge is -2.31. The fourth-order valence-corrected chi connectivity index (χ4v) is 2.17. The SMILES string of the molecule is CC.CC(C)(C)OC(=O)N1CCc2cc(C(=O)O)ccc2C1. The molecule has 1 amide bonds. The minimum absolute atomic E-state index is 0.287. The number of carboxylic acid groups (broad SMARTS) is 1. The summed E-state index contributed by atoms with van der Waals surface area (Å²) in [5, 5.41) is 8.97. The molecule has 0 saturated heterocycles. The van der Waals surface area contributed by atoms with E-state index in [0.29, 0.717) is 19.5 Å². The summed E-state index contributed by atoms with van der Waals surface area (Å²) in [6.07, 6.45) is 0.320. The normalized spacial score (nSPS) is 13.6. The Morgan fingerprint density at radius 3 is 2.36 bits per heavy atom. The third-order valence-corrected chi connectivity index (χ3v) is 3.12. The van der Waals surface area contributed by atoms with Crippen LogP contribution in [-0.4, -0.2) is 34.2 Å². The maximum Gasteiger partial charge on any atom is 0.410 e. The highest BCUT2D eigenvalue weighted by atomic mass is 16.6. The number of benzene rings is 1. The fourth-order valence-electron chi connectivity index (χ4n) is 2.17. The second-order valence-electron chi connectivity index (χ2n) is 5.94. The molecule has 1 aliphatic rings. The summed E-state index contributed by atoms with van der Waals surface area (Å²) in [6, 6.07) is 5.03. The van der Waals surface area contributed by atoms with Crippen LogP contribution in [-0.2, 0) is 17.7 Å². The van der Waals surface area contributed by atoms with Crippen molar-refractivity contribution in [1.29, 1.82) is 0 Å². The van der Waals surface area contributed by atoms with Crippen molar-refractivity contribution >= 4 is 12.1 Å². The van der Waals surface area contributed by atoms with Crippen LogP contribution >= 0.6 is 0 Å². The lowest BCUT2D eigenvalue weighted by molar-refractivity contribution is 0.0223. The number of ether oxygens (including phenoxy) is 1. The van der Waals surface area contributed by atoms with Crippen LogP contribution in [0, 0.1) is 0 Å². The molecule has 0 bridgehead atoms. The van der Waals surface area contributed by atoms with Gasteiger partial charge in [-0.15, -0.1) is 0 Å². The molecule has 0 aromatic heterocycles. The Kier molecular flexibility index (Phi) is 5.97. The van der Waals surface area contributed by atoms with Crippen molar-refractivity contribution in [1.82, 2.24) is 4.90 Å². The van der Waals surface area contributed by atoms with Crippen molar-refractivity contribution in [3.63, 3.8) is 0 Å². The van der Waals surface area contributed by atoms with Gasteiger partial charge >= 0.3 is 12.1 Å². The first-order valence-corrected chi connectivity index (χ1v) is 7.59. The molecule has 0 unspecified atom stereocenters. The van der Waals surface area contributed by atoms with Gasteiger partial charge in [0.2, 0.25) is 0 Å². The summed E-state index contributed by atoms with van der Waals surface area (Å²) in [6.45, 7) is 10.5. The van der Waals surface area contributed by atoms with Gasteiger partial charge in [-0.3, -0.25) is 0 Å². The molecule has 0 saturated carbocycles. The van der Waals surface area contributed by atoms with Gasteiger partial charge in [0.1, 0.15) is 5.60 Å². The smallest absolute Gasteiger partial charge is 0.410 e. The standard InChI is InChI=1S/C15H19NO4.C2H6/c1-15(2,3)20-14(19)16-7-6-10-8-11(13(17)18)4-5-12(10)9-16;1-2/h4-5,8H,6-7,9H2,1-3H3,(H,17,18);1-2H3. The molecule has 1 aromatic carbocycles. The van der Waals surface area contributed by atoms with E-state index >= 15 is 0 Å². The van der Waals surface area contributed by atoms with Gasteiger partial charge in [0.05, 0.1) is 5.56 Å². The van der Waals surface area contributed by atoms with E-state index in [4.69, 9.17) is 9.84 Å². The second kappa shape index (κ2) is 7.29. The van der Waals surface area contributed by atoms with Gasteiger partial charge in [0, 0.05) is 13.1 Å². The first-order chi connectivity index (χ1) is 10.3. The Bertz CT molecular complexity index is 546. The topological polar surface area (TPSA) is 66.8 Å². The zero-order valence-corrected chi connectivity index (χ0v) is 14.0. The maximum absolute atomic E-state index is 12.0. The van der Waals surface area contributed by atoms with E-state index in [1.165, 1.54) is 0 Å². The lowest BCUT2D eigenvalue weighted by atomic mass is 9.97. The van der Waals surface area contributed by atoms with E-state index in [0.717, 1.165) is 11.1 Å². The van der Waals surface area contributed by atoms with E-state index < -0.39 is 11.6 Å². The molecule has 0 radical (unpaired) electrons. The first-order valence-electron chi connectivity index (χ1n) is 7.59. The number of aromatic carboxylic acids is 1. The molecule has 0 atom stereocenters. The number of carbonyl (C=O) groups is 2. The van der Waals surface area contributed by atoms with Gasteiger partial charge in [-0.2, -0.15) is 0 Å². The van der Waals surface area contributed by atoms with Crippen molar-refractivity contribution in [3.05, 3.63) is 34.9 Å². The van der Waals surface area contributed by atoms with E-state index in [9.17, 15) is 9.59 Å². The van der Waals surface area contributed by atoms with Crippen LogP contribution in [0.25, 0.3) is 0 Å². The van der Waals surface area contributed by atoms with E-state index in [2.05, 4.69) is 0 Å².